The standard InChI is InChI=1S/C41H44F2N6O5/c1-5-26-28(42)12-10-23-8-6-9-27(31(23)26)34-33(43)35-32-36(46-38(45-35)53-22-41-16-7-18-48(41)25(21-50)14-17-41)47-20-24-11-13-30(29(47)15-19-52-37(32)44-34)49(24)39(51)54-40(2,3)4/h1,6,8-10,12,24-25,29-30,50H,7,11,13-22H2,2-4H3/t24-,25+,29-,30+,41-/m1/s1. The van der Waals surface area contributed by atoms with Gasteiger partial charge in [-0.1, -0.05) is 30.2 Å². The molecule has 4 fully saturated rings. The summed E-state index contributed by atoms with van der Waals surface area (Å²) in [5, 5.41) is 11.4. The highest BCUT2D eigenvalue weighted by Crippen LogP contribution is 2.47. The Labute approximate surface area is 312 Å². The molecule has 2 aromatic carbocycles. The minimum Gasteiger partial charge on any atom is -0.477 e. The van der Waals surface area contributed by atoms with Gasteiger partial charge in [0, 0.05) is 30.0 Å². The number of pyridine rings is 1. The Kier molecular flexibility index (Phi) is 8.35. The van der Waals surface area contributed by atoms with Crippen molar-refractivity contribution < 1.29 is 32.9 Å². The van der Waals surface area contributed by atoms with Gasteiger partial charge < -0.3 is 24.2 Å². The summed E-state index contributed by atoms with van der Waals surface area (Å²) in [5.74, 6) is 1.71. The number of aliphatic hydroxyl groups is 1. The minimum atomic E-state index is -0.736. The van der Waals surface area contributed by atoms with Crippen LogP contribution in [-0.4, -0.2) is 104 Å². The van der Waals surface area contributed by atoms with Gasteiger partial charge in [0.25, 0.3) is 0 Å². The van der Waals surface area contributed by atoms with Crippen molar-refractivity contribution in [3.8, 4) is 35.5 Å². The van der Waals surface area contributed by atoms with Gasteiger partial charge in [-0.3, -0.25) is 9.80 Å². The van der Waals surface area contributed by atoms with Crippen LogP contribution in [0, 0.1) is 24.0 Å². The number of aromatic nitrogens is 3. The highest BCUT2D eigenvalue weighted by molar-refractivity contribution is 6.03. The Morgan fingerprint density at radius 3 is 2.72 bits per heavy atom. The number of halogens is 2. The number of hydrogen-bond donors (Lipinski definition) is 1. The number of amides is 1. The summed E-state index contributed by atoms with van der Waals surface area (Å²) in [5.41, 5.74) is -0.701. The number of benzene rings is 2. The fraction of sp³-hybridized carbons (Fsp3) is 0.512. The first-order valence-electron chi connectivity index (χ1n) is 19.0. The van der Waals surface area contributed by atoms with Crippen molar-refractivity contribution in [2.24, 2.45) is 0 Å². The first-order valence-corrected chi connectivity index (χ1v) is 19.0. The van der Waals surface area contributed by atoms with Crippen LogP contribution in [0.1, 0.15) is 71.3 Å². The maximum atomic E-state index is 17.4. The van der Waals surface area contributed by atoms with Crippen LogP contribution in [0.2, 0.25) is 0 Å². The highest BCUT2D eigenvalue weighted by atomic mass is 19.1. The summed E-state index contributed by atoms with van der Waals surface area (Å²) in [6.45, 7) is 7.51. The van der Waals surface area contributed by atoms with Gasteiger partial charge >= 0.3 is 12.1 Å². The molecule has 7 heterocycles. The van der Waals surface area contributed by atoms with Crippen LogP contribution in [0.25, 0.3) is 32.9 Å². The summed E-state index contributed by atoms with van der Waals surface area (Å²) < 4.78 is 51.2. The van der Waals surface area contributed by atoms with Crippen molar-refractivity contribution in [3.63, 3.8) is 0 Å². The maximum Gasteiger partial charge on any atom is 0.410 e. The van der Waals surface area contributed by atoms with E-state index in [1.165, 1.54) is 6.07 Å². The summed E-state index contributed by atoms with van der Waals surface area (Å²) in [6.07, 6.45) is 11.2. The third-order valence-corrected chi connectivity index (χ3v) is 12.1. The molecular weight excluding hydrogens is 694 g/mol. The third kappa shape index (κ3) is 5.51. The van der Waals surface area contributed by atoms with Crippen molar-refractivity contribution in [1.82, 2.24) is 24.8 Å². The van der Waals surface area contributed by atoms with E-state index in [1.54, 1.807) is 24.3 Å². The van der Waals surface area contributed by atoms with E-state index >= 15 is 8.78 Å². The lowest BCUT2D eigenvalue weighted by Crippen LogP contribution is -2.62. The Morgan fingerprint density at radius 2 is 1.93 bits per heavy atom. The topological polar surface area (TPSA) is 113 Å². The van der Waals surface area contributed by atoms with Gasteiger partial charge in [-0.15, -0.1) is 6.42 Å². The van der Waals surface area contributed by atoms with Crippen molar-refractivity contribution in [1.29, 1.82) is 0 Å². The first-order chi connectivity index (χ1) is 26.0. The molecule has 13 heteroatoms. The van der Waals surface area contributed by atoms with Gasteiger partial charge in [0.05, 0.1) is 42.4 Å². The normalized spacial score (nSPS) is 26.2. The zero-order chi connectivity index (χ0) is 37.5. The molecule has 2 bridgehead atoms. The molecule has 54 heavy (non-hydrogen) atoms. The van der Waals surface area contributed by atoms with Gasteiger partial charge in [-0.25, -0.2) is 18.6 Å². The molecule has 0 unspecified atom stereocenters. The third-order valence-electron chi connectivity index (χ3n) is 12.1. The fourth-order valence-electron chi connectivity index (χ4n) is 9.86. The van der Waals surface area contributed by atoms with Gasteiger partial charge in [0.1, 0.15) is 40.4 Å². The largest absolute Gasteiger partial charge is 0.477 e. The minimum absolute atomic E-state index is 0.0136. The number of rotatable bonds is 5. The van der Waals surface area contributed by atoms with Crippen LogP contribution in [0.4, 0.5) is 19.4 Å². The smallest absolute Gasteiger partial charge is 0.410 e. The van der Waals surface area contributed by atoms with Crippen LogP contribution in [-0.2, 0) is 4.74 Å². The molecule has 0 spiro atoms. The number of hydrogen-bond acceptors (Lipinski definition) is 10. The lowest BCUT2D eigenvalue weighted by atomic mass is 9.95. The number of carbonyl (C=O) groups excluding carboxylic acids is 1. The Bertz CT molecular complexity index is 2220. The molecule has 9 rings (SSSR count). The number of fused-ring (bicyclic) bond motifs is 7. The summed E-state index contributed by atoms with van der Waals surface area (Å²) in [4.78, 5) is 34.5. The molecular formula is C41H44F2N6O5. The Morgan fingerprint density at radius 1 is 1.07 bits per heavy atom. The summed E-state index contributed by atoms with van der Waals surface area (Å²) >= 11 is 0. The van der Waals surface area contributed by atoms with Gasteiger partial charge in [-0.05, 0) is 77.3 Å². The maximum absolute atomic E-state index is 17.4. The van der Waals surface area contributed by atoms with Crippen LogP contribution >= 0.6 is 0 Å². The Balaban J connectivity index is 1.20. The molecule has 0 radical (unpaired) electrons. The van der Waals surface area contributed by atoms with Crippen molar-refractivity contribution in [3.05, 3.63) is 47.5 Å². The van der Waals surface area contributed by atoms with E-state index in [0.717, 1.165) is 45.1 Å². The molecule has 282 valence electrons. The molecule has 5 atom stereocenters. The van der Waals surface area contributed by atoms with Gasteiger partial charge in [0.2, 0.25) is 5.88 Å². The highest BCUT2D eigenvalue weighted by Gasteiger charge is 2.52. The van der Waals surface area contributed by atoms with E-state index in [1.807, 2.05) is 25.7 Å². The zero-order valence-corrected chi connectivity index (χ0v) is 30.8. The average Bonchev–Trinajstić information content (AvgIpc) is 3.81. The van der Waals surface area contributed by atoms with E-state index in [-0.39, 0.29) is 84.3 Å². The molecule has 11 nitrogen and oxygen atoms in total. The van der Waals surface area contributed by atoms with E-state index in [4.69, 9.17) is 35.6 Å². The second kappa shape index (κ2) is 12.9. The summed E-state index contributed by atoms with van der Waals surface area (Å²) in [6, 6.07) is 7.69. The SMILES string of the molecule is C#Cc1c(F)ccc2cccc(-c3nc4c5c(nc(OC[C@]67CCCN6[C@H](CO)CC7)nc5c3F)N3C[C@H]5CC[C@@H]([C@H]3CCO4)N5C(=O)OC(C)(C)C)c12. The van der Waals surface area contributed by atoms with E-state index in [9.17, 15) is 9.90 Å². The van der Waals surface area contributed by atoms with E-state index in [2.05, 4.69) is 15.7 Å². The first kappa shape index (κ1) is 34.9. The molecule has 4 aromatic rings. The van der Waals surface area contributed by atoms with E-state index < -0.39 is 17.2 Å². The lowest BCUT2D eigenvalue weighted by molar-refractivity contribution is 0.00635. The lowest BCUT2D eigenvalue weighted by Gasteiger charge is -2.48. The molecule has 0 saturated carbocycles. The number of anilines is 1. The zero-order valence-electron chi connectivity index (χ0n) is 30.8. The predicted molar refractivity (Wildman–Crippen MR) is 199 cm³/mol. The van der Waals surface area contributed by atoms with Crippen LogP contribution in [0.5, 0.6) is 11.9 Å². The summed E-state index contributed by atoms with van der Waals surface area (Å²) in [7, 11) is 0. The van der Waals surface area contributed by atoms with Crippen molar-refractivity contribution in [2.45, 2.75) is 101 Å². The molecule has 1 amide bonds. The molecule has 5 aliphatic heterocycles. The van der Waals surface area contributed by atoms with Crippen molar-refractivity contribution >= 4 is 33.6 Å². The second-order valence-corrected chi connectivity index (χ2v) is 16.3. The number of ether oxygens (including phenoxy) is 3. The molecule has 1 N–H and O–H groups in total. The number of carbonyl (C=O) groups is 1. The second-order valence-electron chi connectivity index (χ2n) is 16.3. The number of nitrogens with zero attached hydrogens (tertiary/aromatic N) is 6. The molecule has 5 aliphatic rings. The fourth-order valence-corrected chi connectivity index (χ4v) is 9.86. The van der Waals surface area contributed by atoms with Gasteiger partial charge in [-0.2, -0.15) is 9.97 Å². The molecule has 4 saturated heterocycles. The number of aliphatic hydroxyl groups excluding tert-OH is 1. The average molecular weight is 739 g/mol. The van der Waals surface area contributed by atoms with Crippen LogP contribution in [0.3, 0.4) is 0 Å². The number of piperazine rings is 1. The predicted octanol–water partition coefficient (Wildman–Crippen LogP) is 6.21. The van der Waals surface area contributed by atoms with Gasteiger partial charge in [0.15, 0.2) is 5.82 Å². The molecule has 2 aromatic heterocycles. The van der Waals surface area contributed by atoms with Crippen LogP contribution < -0.4 is 14.4 Å². The molecule has 0 aliphatic carbocycles. The van der Waals surface area contributed by atoms with Crippen molar-refractivity contribution in [2.75, 3.05) is 37.8 Å². The quantitative estimate of drug-likeness (QED) is 0.237. The number of terminal acetylenes is 1. The monoisotopic (exact) mass is 738 g/mol. The van der Waals surface area contributed by atoms with E-state index in [0.29, 0.717) is 40.5 Å². The Hall–Kier alpha value is -4.80. The van der Waals surface area contributed by atoms with Crippen LogP contribution in [0.15, 0.2) is 30.3 Å².